The molecule has 4 rings (SSSR count). The molecule has 0 radical (unpaired) electrons. The van der Waals surface area contributed by atoms with Crippen LogP contribution in [-0.4, -0.2) is 26.8 Å². The van der Waals surface area contributed by atoms with Crippen molar-refractivity contribution in [1.29, 1.82) is 0 Å². The molecule has 28 heavy (non-hydrogen) atoms. The number of nitrogens with one attached hydrogen (secondary N) is 1. The molecule has 1 N–H and O–H groups in total. The van der Waals surface area contributed by atoms with E-state index in [9.17, 15) is 12.8 Å². The Balaban J connectivity index is 1.41. The third-order valence-corrected chi connectivity index (χ3v) is 7.78. The first kappa shape index (κ1) is 19.2. The van der Waals surface area contributed by atoms with Crippen molar-refractivity contribution in [2.75, 3.05) is 22.7 Å². The molecule has 150 valence electrons. The van der Waals surface area contributed by atoms with Crippen molar-refractivity contribution in [2.24, 2.45) is 0 Å². The molecule has 0 aromatic heterocycles. The van der Waals surface area contributed by atoms with Gasteiger partial charge in [-0.2, -0.15) is 0 Å². The minimum atomic E-state index is -3.31. The van der Waals surface area contributed by atoms with E-state index in [-0.39, 0.29) is 11.1 Å². The maximum atomic E-state index is 13.0. The van der Waals surface area contributed by atoms with Gasteiger partial charge < -0.3 is 4.90 Å². The van der Waals surface area contributed by atoms with E-state index in [1.54, 1.807) is 0 Å². The first-order valence-electron chi connectivity index (χ1n) is 10.2. The lowest BCUT2D eigenvalue weighted by Gasteiger charge is -2.23. The highest BCUT2D eigenvalue weighted by molar-refractivity contribution is 7.93. The molecule has 1 saturated carbocycles. The molecule has 4 nitrogen and oxygen atoms in total. The monoisotopic (exact) mass is 402 g/mol. The lowest BCUT2D eigenvalue weighted by molar-refractivity contribution is 0.486. The summed E-state index contributed by atoms with van der Waals surface area (Å²) in [5.41, 5.74) is 4.14. The van der Waals surface area contributed by atoms with Gasteiger partial charge in [-0.1, -0.05) is 31.4 Å². The van der Waals surface area contributed by atoms with E-state index in [0.29, 0.717) is 5.69 Å². The van der Waals surface area contributed by atoms with Crippen LogP contribution in [0.1, 0.15) is 43.2 Å². The van der Waals surface area contributed by atoms with Crippen molar-refractivity contribution >= 4 is 21.4 Å². The summed E-state index contributed by atoms with van der Waals surface area (Å²) in [5.74, 6) is -0.210. The molecule has 2 aliphatic rings. The number of sulfonamides is 1. The van der Waals surface area contributed by atoms with Gasteiger partial charge in [0.25, 0.3) is 0 Å². The van der Waals surface area contributed by atoms with Gasteiger partial charge >= 0.3 is 0 Å². The van der Waals surface area contributed by atoms with E-state index in [4.69, 9.17) is 0 Å². The van der Waals surface area contributed by atoms with Crippen LogP contribution in [-0.2, 0) is 22.9 Å². The van der Waals surface area contributed by atoms with Gasteiger partial charge in [-0.25, -0.2) is 12.8 Å². The maximum absolute atomic E-state index is 13.0. The Labute approximate surface area is 166 Å². The first-order chi connectivity index (χ1) is 13.5. The molecule has 1 heterocycles. The molecule has 0 saturated heterocycles. The molecule has 1 fully saturated rings. The van der Waals surface area contributed by atoms with Crippen LogP contribution in [0.4, 0.5) is 15.8 Å². The Morgan fingerprint density at radius 2 is 1.79 bits per heavy atom. The number of nitrogens with zero attached hydrogens (tertiary/aromatic N) is 1. The predicted molar refractivity (Wildman–Crippen MR) is 112 cm³/mol. The largest absolute Gasteiger partial charge is 0.371 e. The van der Waals surface area contributed by atoms with Crippen molar-refractivity contribution < 1.29 is 12.8 Å². The van der Waals surface area contributed by atoms with Crippen molar-refractivity contribution in [3.05, 3.63) is 59.4 Å². The van der Waals surface area contributed by atoms with Gasteiger partial charge in [0.05, 0.1) is 5.25 Å². The van der Waals surface area contributed by atoms with E-state index in [0.717, 1.165) is 63.6 Å². The summed E-state index contributed by atoms with van der Waals surface area (Å²) in [7, 11) is -3.31. The fourth-order valence-corrected chi connectivity index (χ4v) is 5.88. The van der Waals surface area contributed by atoms with Gasteiger partial charge in [0, 0.05) is 24.5 Å². The van der Waals surface area contributed by atoms with Gasteiger partial charge in [-0.15, -0.1) is 0 Å². The summed E-state index contributed by atoms with van der Waals surface area (Å²) in [4.78, 5) is 2.32. The highest BCUT2D eigenvalue weighted by atomic mass is 32.2. The summed E-state index contributed by atoms with van der Waals surface area (Å²) in [6.07, 6.45) is 6.43. The summed E-state index contributed by atoms with van der Waals surface area (Å²) in [5, 5.41) is -0.262. The SMILES string of the molecule is O=S(=O)(Nc1ccc2c(c1)CCN2CCc1ccc(F)cc1)C1CCCCC1. The third-order valence-electron chi connectivity index (χ3n) is 5.91. The van der Waals surface area contributed by atoms with Crippen LogP contribution in [0, 0.1) is 5.82 Å². The fourth-order valence-electron chi connectivity index (χ4n) is 4.30. The van der Waals surface area contributed by atoms with E-state index in [2.05, 4.69) is 9.62 Å². The minimum absolute atomic E-state index is 0.210. The van der Waals surface area contributed by atoms with Crippen LogP contribution < -0.4 is 9.62 Å². The highest BCUT2D eigenvalue weighted by Crippen LogP contribution is 2.32. The summed E-state index contributed by atoms with van der Waals surface area (Å²) in [6.45, 7) is 1.79. The summed E-state index contributed by atoms with van der Waals surface area (Å²) >= 11 is 0. The number of rotatable bonds is 6. The zero-order valence-electron chi connectivity index (χ0n) is 16.0. The molecule has 2 aromatic rings. The second-order valence-corrected chi connectivity index (χ2v) is 9.82. The predicted octanol–water partition coefficient (Wildman–Crippen LogP) is 4.51. The molecule has 0 unspecified atom stereocenters. The van der Waals surface area contributed by atoms with E-state index in [1.165, 1.54) is 23.4 Å². The smallest absolute Gasteiger partial charge is 0.235 e. The lowest BCUT2D eigenvalue weighted by Crippen LogP contribution is -2.29. The van der Waals surface area contributed by atoms with Crippen molar-refractivity contribution in [3.8, 4) is 0 Å². The Morgan fingerprint density at radius 1 is 1.04 bits per heavy atom. The lowest BCUT2D eigenvalue weighted by atomic mass is 10.0. The van der Waals surface area contributed by atoms with E-state index in [1.807, 2.05) is 30.3 Å². The van der Waals surface area contributed by atoms with Crippen LogP contribution in [0.25, 0.3) is 0 Å². The second kappa shape index (κ2) is 8.11. The molecule has 0 amide bonds. The molecular weight excluding hydrogens is 375 g/mol. The van der Waals surface area contributed by atoms with Gasteiger partial charge in [0.15, 0.2) is 0 Å². The van der Waals surface area contributed by atoms with Gasteiger partial charge in [-0.3, -0.25) is 4.72 Å². The average Bonchev–Trinajstić information content (AvgIpc) is 3.10. The second-order valence-electron chi connectivity index (χ2n) is 7.86. The molecule has 0 atom stereocenters. The quantitative estimate of drug-likeness (QED) is 0.774. The van der Waals surface area contributed by atoms with Crippen LogP contribution in [0.3, 0.4) is 0 Å². The van der Waals surface area contributed by atoms with Crippen LogP contribution in [0.15, 0.2) is 42.5 Å². The van der Waals surface area contributed by atoms with Crippen molar-refractivity contribution in [2.45, 2.75) is 50.2 Å². The molecule has 0 spiro atoms. The number of hydrogen-bond donors (Lipinski definition) is 1. The Kier molecular flexibility index (Phi) is 5.58. The number of anilines is 2. The molecule has 1 aliphatic carbocycles. The number of halogens is 1. The van der Waals surface area contributed by atoms with E-state index < -0.39 is 10.0 Å². The Morgan fingerprint density at radius 3 is 2.54 bits per heavy atom. The molecule has 0 bridgehead atoms. The van der Waals surface area contributed by atoms with Gasteiger partial charge in [0.2, 0.25) is 10.0 Å². The zero-order valence-corrected chi connectivity index (χ0v) is 16.8. The molecule has 2 aromatic carbocycles. The van der Waals surface area contributed by atoms with Gasteiger partial charge in [-0.05, 0) is 67.1 Å². The normalized spacial score (nSPS) is 17.5. The topological polar surface area (TPSA) is 49.4 Å². The standard InChI is InChI=1S/C22H27FN2O2S/c23-19-8-6-17(7-9-19)12-14-25-15-13-18-16-20(10-11-22(18)25)24-28(26,27)21-4-2-1-3-5-21/h6-11,16,21,24H,1-5,12-15H2. The van der Waals surface area contributed by atoms with Crippen LogP contribution in [0.2, 0.25) is 0 Å². The molecule has 6 heteroatoms. The summed E-state index contributed by atoms with van der Waals surface area (Å²) < 4.78 is 41.2. The molecule has 1 aliphatic heterocycles. The Bertz CT molecular complexity index is 922. The number of fused-ring (bicyclic) bond motifs is 1. The van der Waals surface area contributed by atoms with Gasteiger partial charge in [0.1, 0.15) is 5.82 Å². The minimum Gasteiger partial charge on any atom is -0.371 e. The van der Waals surface area contributed by atoms with Crippen LogP contribution in [0.5, 0.6) is 0 Å². The van der Waals surface area contributed by atoms with Crippen LogP contribution >= 0.6 is 0 Å². The van der Waals surface area contributed by atoms with Crippen molar-refractivity contribution in [3.63, 3.8) is 0 Å². The third kappa shape index (κ3) is 4.32. The summed E-state index contributed by atoms with van der Waals surface area (Å²) in [6, 6.07) is 12.5. The fraction of sp³-hybridized carbons (Fsp3) is 0.455. The highest BCUT2D eigenvalue weighted by Gasteiger charge is 2.28. The zero-order chi connectivity index (χ0) is 19.6. The van der Waals surface area contributed by atoms with Crippen molar-refractivity contribution in [1.82, 2.24) is 0 Å². The first-order valence-corrected chi connectivity index (χ1v) is 11.7. The molecular formula is C22H27FN2O2S. The maximum Gasteiger partial charge on any atom is 0.235 e. The number of benzene rings is 2. The Hall–Kier alpha value is -2.08. The van der Waals surface area contributed by atoms with E-state index >= 15 is 0 Å². The number of hydrogen-bond acceptors (Lipinski definition) is 3. The average molecular weight is 403 g/mol.